The van der Waals surface area contributed by atoms with Gasteiger partial charge in [-0.25, -0.2) is 4.39 Å². The Morgan fingerprint density at radius 1 is 1.56 bits per heavy atom. The summed E-state index contributed by atoms with van der Waals surface area (Å²) in [6.45, 7) is 3.76. The minimum absolute atomic E-state index is 0.323. The highest BCUT2D eigenvalue weighted by atomic mass is 79.9. The van der Waals surface area contributed by atoms with E-state index in [1.165, 1.54) is 6.07 Å². The summed E-state index contributed by atoms with van der Waals surface area (Å²) < 4.78 is 13.6. The van der Waals surface area contributed by atoms with Crippen molar-refractivity contribution in [1.29, 1.82) is 0 Å². The van der Waals surface area contributed by atoms with Gasteiger partial charge in [0.25, 0.3) is 0 Å². The Morgan fingerprint density at radius 2 is 2.19 bits per heavy atom. The Bertz CT molecular complexity index is 407. The van der Waals surface area contributed by atoms with Crippen LogP contribution in [0.1, 0.15) is 19.4 Å². The topological polar surface area (TPSA) is 55.1 Å². The summed E-state index contributed by atoms with van der Waals surface area (Å²) in [4.78, 5) is 11.0. The number of carbonyl (C=O) groups is 1. The van der Waals surface area contributed by atoms with Gasteiger partial charge in [0.1, 0.15) is 5.82 Å². The summed E-state index contributed by atoms with van der Waals surface area (Å²) >= 11 is 3.07. The molecule has 1 rings (SSSR count). The molecule has 0 bridgehead atoms. The van der Waals surface area contributed by atoms with Gasteiger partial charge in [-0.1, -0.05) is 6.07 Å². The van der Waals surface area contributed by atoms with Crippen LogP contribution in [-0.2, 0) is 11.3 Å². The van der Waals surface area contributed by atoms with E-state index in [0.717, 1.165) is 5.56 Å². The molecule has 0 radical (unpaired) electrons. The number of primary amides is 1. The number of benzene rings is 1. The Balaban J connectivity index is 2.68. The highest BCUT2D eigenvalue weighted by Gasteiger charge is 2.23. The molecule has 1 aromatic rings. The van der Waals surface area contributed by atoms with Gasteiger partial charge in [-0.3, -0.25) is 10.1 Å². The third-order valence-corrected chi connectivity index (χ3v) is 2.98. The van der Waals surface area contributed by atoms with Crippen molar-refractivity contribution in [3.63, 3.8) is 0 Å². The Morgan fingerprint density at radius 3 is 2.69 bits per heavy atom. The summed E-state index contributed by atoms with van der Waals surface area (Å²) in [5.74, 6) is -0.763. The third kappa shape index (κ3) is 3.28. The van der Waals surface area contributed by atoms with Crippen LogP contribution in [0.5, 0.6) is 0 Å². The molecule has 0 aliphatic carbocycles. The summed E-state index contributed by atoms with van der Waals surface area (Å²) in [6.07, 6.45) is 0. The second-order valence-electron chi connectivity index (χ2n) is 4.09. The van der Waals surface area contributed by atoms with Gasteiger partial charge in [0.2, 0.25) is 5.91 Å². The van der Waals surface area contributed by atoms with Crippen LogP contribution in [0.3, 0.4) is 0 Å². The number of halogens is 2. The second-order valence-corrected chi connectivity index (χ2v) is 4.95. The van der Waals surface area contributed by atoms with E-state index in [2.05, 4.69) is 21.2 Å². The van der Waals surface area contributed by atoms with Crippen LogP contribution in [0.15, 0.2) is 22.7 Å². The fraction of sp³-hybridized carbons (Fsp3) is 0.364. The Kier molecular flexibility index (Phi) is 4.04. The molecule has 88 valence electrons. The highest BCUT2D eigenvalue weighted by molar-refractivity contribution is 9.10. The Hall–Kier alpha value is -0.940. The van der Waals surface area contributed by atoms with Gasteiger partial charge in [0.15, 0.2) is 0 Å². The molecule has 0 aliphatic rings. The normalized spacial score (nSPS) is 11.5. The number of nitrogens with two attached hydrogens (primary N) is 1. The van der Waals surface area contributed by atoms with Crippen molar-refractivity contribution in [2.45, 2.75) is 25.9 Å². The summed E-state index contributed by atoms with van der Waals surface area (Å²) in [6, 6.07) is 4.81. The van der Waals surface area contributed by atoms with Crippen molar-refractivity contribution < 1.29 is 9.18 Å². The monoisotopic (exact) mass is 288 g/mol. The summed E-state index contributed by atoms with van der Waals surface area (Å²) in [5, 5.41) is 2.96. The average molecular weight is 289 g/mol. The quantitative estimate of drug-likeness (QED) is 0.890. The van der Waals surface area contributed by atoms with E-state index in [-0.39, 0.29) is 5.82 Å². The maximum Gasteiger partial charge on any atom is 0.237 e. The van der Waals surface area contributed by atoms with Gasteiger partial charge in [-0.15, -0.1) is 0 Å². The molecule has 0 saturated carbocycles. The first kappa shape index (κ1) is 13.1. The maximum atomic E-state index is 13.2. The van der Waals surface area contributed by atoms with Gasteiger partial charge in [-0.05, 0) is 47.5 Å². The van der Waals surface area contributed by atoms with Gasteiger partial charge >= 0.3 is 0 Å². The molecule has 0 fully saturated rings. The Labute approximate surface area is 102 Å². The van der Waals surface area contributed by atoms with Gasteiger partial charge in [0, 0.05) is 6.54 Å². The van der Waals surface area contributed by atoms with Crippen molar-refractivity contribution in [2.24, 2.45) is 5.73 Å². The lowest BCUT2D eigenvalue weighted by Gasteiger charge is -2.22. The zero-order valence-electron chi connectivity index (χ0n) is 9.18. The minimum Gasteiger partial charge on any atom is -0.368 e. The van der Waals surface area contributed by atoms with Crippen LogP contribution in [0.25, 0.3) is 0 Å². The lowest BCUT2D eigenvalue weighted by Crippen LogP contribution is -2.50. The zero-order valence-corrected chi connectivity index (χ0v) is 10.8. The summed E-state index contributed by atoms with van der Waals surface area (Å²) in [7, 11) is 0. The van der Waals surface area contributed by atoms with Crippen LogP contribution in [0.2, 0.25) is 0 Å². The molecule has 0 aromatic heterocycles. The van der Waals surface area contributed by atoms with Crippen molar-refractivity contribution in [3.05, 3.63) is 34.1 Å². The zero-order chi connectivity index (χ0) is 12.3. The van der Waals surface area contributed by atoms with Crippen LogP contribution < -0.4 is 11.1 Å². The molecule has 0 aliphatic heterocycles. The fourth-order valence-electron chi connectivity index (χ4n) is 1.06. The van der Waals surface area contributed by atoms with Crippen LogP contribution in [0.4, 0.5) is 4.39 Å². The molecular formula is C11H14BrFN2O. The number of hydrogen-bond donors (Lipinski definition) is 2. The number of rotatable bonds is 4. The number of carbonyl (C=O) groups excluding carboxylic acids is 1. The van der Waals surface area contributed by atoms with Crippen molar-refractivity contribution in [3.8, 4) is 0 Å². The number of amides is 1. The van der Waals surface area contributed by atoms with E-state index in [0.29, 0.717) is 11.0 Å². The lowest BCUT2D eigenvalue weighted by atomic mass is 10.0. The fourth-order valence-corrected chi connectivity index (χ4v) is 1.31. The molecule has 0 atom stereocenters. The molecule has 0 spiro atoms. The molecule has 1 amide bonds. The van der Waals surface area contributed by atoms with E-state index in [4.69, 9.17) is 5.73 Å². The lowest BCUT2D eigenvalue weighted by molar-refractivity contribution is -0.123. The first-order chi connectivity index (χ1) is 7.33. The molecular weight excluding hydrogens is 275 g/mol. The van der Waals surface area contributed by atoms with Crippen LogP contribution in [0, 0.1) is 5.82 Å². The first-order valence-corrected chi connectivity index (χ1v) is 5.61. The third-order valence-electron chi connectivity index (χ3n) is 2.33. The van der Waals surface area contributed by atoms with Gasteiger partial charge < -0.3 is 5.73 Å². The molecule has 0 heterocycles. The SMILES string of the molecule is CC(C)(NCc1ccc(Br)c(F)c1)C(N)=O. The van der Waals surface area contributed by atoms with E-state index >= 15 is 0 Å². The molecule has 0 unspecified atom stereocenters. The van der Waals surface area contributed by atoms with Crippen molar-refractivity contribution in [2.75, 3.05) is 0 Å². The molecule has 1 aromatic carbocycles. The minimum atomic E-state index is -0.802. The first-order valence-electron chi connectivity index (χ1n) is 4.82. The summed E-state index contributed by atoms with van der Waals surface area (Å²) in [5.41, 5.74) is 5.16. The predicted molar refractivity (Wildman–Crippen MR) is 64.2 cm³/mol. The molecule has 0 saturated heterocycles. The smallest absolute Gasteiger partial charge is 0.237 e. The van der Waals surface area contributed by atoms with E-state index < -0.39 is 11.4 Å². The molecule has 3 N–H and O–H groups in total. The molecule has 16 heavy (non-hydrogen) atoms. The maximum absolute atomic E-state index is 13.2. The number of nitrogens with one attached hydrogen (secondary N) is 1. The van der Waals surface area contributed by atoms with E-state index in [9.17, 15) is 9.18 Å². The largest absolute Gasteiger partial charge is 0.368 e. The second kappa shape index (κ2) is 4.93. The van der Waals surface area contributed by atoms with E-state index in [1.54, 1.807) is 26.0 Å². The average Bonchev–Trinajstić information content (AvgIpc) is 2.20. The van der Waals surface area contributed by atoms with Gasteiger partial charge in [0.05, 0.1) is 10.0 Å². The highest BCUT2D eigenvalue weighted by Crippen LogP contribution is 2.16. The predicted octanol–water partition coefficient (Wildman–Crippen LogP) is 1.94. The van der Waals surface area contributed by atoms with Crippen LogP contribution in [-0.4, -0.2) is 11.4 Å². The molecule has 5 heteroatoms. The standard InChI is InChI=1S/C11H14BrFN2O/c1-11(2,10(14)16)15-6-7-3-4-8(12)9(13)5-7/h3-5,15H,6H2,1-2H3,(H2,14,16). The van der Waals surface area contributed by atoms with Crippen molar-refractivity contribution in [1.82, 2.24) is 5.32 Å². The van der Waals surface area contributed by atoms with Gasteiger partial charge in [-0.2, -0.15) is 0 Å². The number of hydrogen-bond acceptors (Lipinski definition) is 2. The van der Waals surface area contributed by atoms with Crippen LogP contribution >= 0.6 is 15.9 Å². The van der Waals surface area contributed by atoms with E-state index in [1.807, 2.05) is 0 Å². The van der Waals surface area contributed by atoms with Crippen molar-refractivity contribution >= 4 is 21.8 Å². The molecule has 3 nitrogen and oxygen atoms in total.